The van der Waals surface area contributed by atoms with Gasteiger partial charge in [0.1, 0.15) is 12.4 Å². The van der Waals surface area contributed by atoms with Gasteiger partial charge in [0.25, 0.3) is 0 Å². The Bertz CT molecular complexity index is 1230. The van der Waals surface area contributed by atoms with Crippen molar-refractivity contribution in [2.75, 3.05) is 7.11 Å². The molecule has 0 amide bonds. The van der Waals surface area contributed by atoms with Crippen molar-refractivity contribution < 1.29 is 24.6 Å². The van der Waals surface area contributed by atoms with Crippen molar-refractivity contribution in [2.24, 2.45) is 0 Å². The highest BCUT2D eigenvalue weighted by Gasteiger charge is 2.31. The molecule has 0 fully saturated rings. The summed E-state index contributed by atoms with van der Waals surface area (Å²) in [5, 5.41) is 21.5. The van der Waals surface area contributed by atoms with Gasteiger partial charge in [-0.2, -0.15) is 4.73 Å². The van der Waals surface area contributed by atoms with Crippen LogP contribution in [0.2, 0.25) is 0 Å². The minimum absolute atomic E-state index is 0.0232. The zero-order valence-electron chi connectivity index (χ0n) is 18.3. The molecule has 2 aromatic carbocycles. The highest BCUT2D eigenvalue weighted by atomic mass is 16.5. The lowest BCUT2D eigenvalue weighted by molar-refractivity contribution is 0.0623. The first-order valence-electron chi connectivity index (χ1n) is 10.5. The second kappa shape index (κ2) is 8.88. The maximum absolute atomic E-state index is 12.1. The number of nitrogens with zero attached hydrogens (tertiary/aromatic N) is 2. The Hall–Kier alpha value is -3.58. The molecule has 166 valence electrons. The Morgan fingerprint density at radius 3 is 2.56 bits per heavy atom. The van der Waals surface area contributed by atoms with Gasteiger partial charge in [-0.25, -0.2) is 9.78 Å². The van der Waals surface area contributed by atoms with E-state index in [1.165, 1.54) is 7.11 Å². The van der Waals surface area contributed by atoms with Gasteiger partial charge < -0.3 is 19.8 Å². The number of pyridine rings is 1. The summed E-state index contributed by atoms with van der Waals surface area (Å²) < 4.78 is 12.1. The molecule has 1 unspecified atom stereocenters. The molecule has 0 bridgehead atoms. The molecule has 7 heteroatoms. The van der Waals surface area contributed by atoms with E-state index in [-0.39, 0.29) is 18.2 Å². The lowest BCUT2D eigenvalue weighted by Crippen LogP contribution is -2.21. The van der Waals surface area contributed by atoms with Gasteiger partial charge in [0.05, 0.1) is 23.5 Å². The van der Waals surface area contributed by atoms with Gasteiger partial charge in [0.15, 0.2) is 5.69 Å². The summed E-state index contributed by atoms with van der Waals surface area (Å²) in [6.07, 6.45) is 0.715. The first-order chi connectivity index (χ1) is 15.5. The molecule has 4 rings (SSSR count). The Labute approximate surface area is 186 Å². The fourth-order valence-corrected chi connectivity index (χ4v) is 4.05. The second-order valence-electron chi connectivity index (χ2n) is 7.86. The molecule has 2 aliphatic heterocycles. The number of carboxylic acid groups (broad SMARTS) is 1. The van der Waals surface area contributed by atoms with Crippen LogP contribution in [0.1, 0.15) is 53.5 Å². The van der Waals surface area contributed by atoms with E-state index in [2.05, 4.69) is 0 Å². The van der Waals surface area contributed by atoms with Crippen molar-refractivity contribution in [3.05, 3.63) is 71.0 Å². The molecule has 2 heterocycles. The number of benzene rings is 2. The maximum Gasteiger partial charge on any atom is 0.356 e. The Kier molecular flexibility index (Phi) is 6.01. The first-order valence-corrected chi connectivity index (χ1v) is 10.5. The Morgan fingerprint density at radius 1 is 1.16 bits per heavy atom. The van der Waals surface area contributed by atoms with E-state index >= 15 is 0 Å². The number of hydrogen-bond acceptors (Lipinski definition) is 5. The smallest absolute Gasteiger partial charge is 0.356 e. The van der Waals surface area contributed by atoms with Crippen LogP contribution in [0.4, 0.5) is 0 Å². The van der Waals surface area contributed by atoms with Crippen molar-refractivity contribution in [2.45, 2.75) is 39.4 Å². The van der Waals surface area contributed by atoms with Crippen molar-refractivity contribution in [1.82, 2.24) is 9.71 Å². The average Bonchev–Trinajstić information content (AvgIpc) is 3.16. The predicted molar refractivity (Wildman–Crippen MR) is 121 cm³/mol. The second-order valence-corrected chi connectivity index (χ2v) is 7.86. The van der Waals surface area contributed by atoms with Crippen LogP contribution in [0, 0.1) is 0 Å². The van der Waals surface area contributed by atoms with E-state index in [0.29, 0.717) is 46.8 Å². The normalized spacial score (nSPS) is 12.3. The van der Waals surface area contributed by atoms with Crippen LogP contribution < -0.4 is 4.74 Å². The summed E-state index contributed by atoms with van der Waals surface area (Å²) >= 11 is 0. The number of carboxylic acids is 1. The van der Waals surface area contributed by atoms with E-state index in [4.69, 9.17) is 14.5 Å². The van der Waals surface area contributed by atoms with Crippen LogP contribution in [0.5, 0.6) is 5.75 Å². The molecule has 0 radical (unpaired) electrons. The van der Waals surface area contributed by atoms with E-state index < -0.39 is 5.97 Å². The predicted octanol–water partition coefficient (Wildman–Crippen LogP) is 5.32. The van der Waals surface area contributed by atoms with Gasteiger partial charge in [-0.05, 0) is 30.2 Å². The standard InChI is InChI=1S/C25H26N2O5/c1-4-15(2)23-22-21(19(14-31-3)24(25(28)29)27(23)30)18-12-17(10-11-20(18)26-22)32-13-16-8-6-5-7-9-16/h5-12,15,30H,4,13-14H2,1-3H3,(H,28,29). The lowest BCUT2D eigenvalue weighted by atomic mass is 9.93. The molecule has 0 saturated carbocycles. The fourth-order valence-electron chi connectivity index (χ4n) is 4.05. The minimum atomic E-state index is -1.23. The number of methoxy groups -OCH3 is 1. The third kappa shape index (κ3) is 3.76. The zero-order chi connectivity index (χ0) is 22.8. The third-order valence-electron chi connectivity index (χ3n) is 5.80. The number of ether oxygens (including phenoxy) is 2. The summed E-state index contributed by atoms with van der Waals surface area (Å²) in [5.41, 5.74) is 3.65. The number of carbonyl (C=O) groups is 1. The van der Waals surface area contributed by atoms with Crippen LogP contribution >= 0.6 is 0 Å². The van der Waals surface area contributed by atoms with Gasteiger partial charge in [0.2, 0.25) is 0 Å². The summed E-state index contributed by atoms with van der Waals surface area (Å²) in [6, 6.07) is 15.4. The molecule has 7 nitrogen and oxygen atoms in total. The van der Waals surface area contributed by atoms with E-state index in [1.807, 2.05) is 62.4 Å². The van der Waals surface area contributed by atoms with Gasteiger partial charge in [-0.3, -0.25) is 0 Å². The van der Waals surface area contributed by atoms with E-state index in [0.717, 1.165) is 15.7 Å². The molecule has 0 spiro atoms. The summed E-state index contributed by atoms with van der Waals surface area (Å²) in [6.45, 7) is 4.36. The molecule has 0 saturated heterocycles. The first kappa shape index (κ1) is 21.6. The number of hydrogen-bond donors (Lipinski definition) is 2. The van der Waals surface area contributed by atoms with E-state index in [1.54, 1.807) is 0 Å². The van der Waals surface area contributed by atoms with Crippen molar-refractivity contribution in [1.29, 1.82) is 0 Å². The quantitative estimate of drug-likeness (QED) is 0.365. The molecule has 2 aromatic rings. The summed E-state index contributed by atoms with van der Waals surface area (Å²) in [7, 11) is 1.49. The maximum atomic E-state index is 12.1. The van der Waals surface area contributed by atoms with Crippen LogP contribution in [0.15, 0.2) is 48.5 Å². The minimum Gasteiger partial charge on any atom is -0.489 e. The average molecular weight is 434 g/mol. The van der Waals surface area contributed by atoms with Crippen molar-refractivity contribution in [3.8, 4) is 17.0 Å². The summed E-state index contributed by atoms with van der Waals surface area (Å²) in [5.74, 6) is -0.672. The number of fused-ring (bicyclic) bond motifs is 3. The molecule has 0 aromatic heterocycles. The fraction of sp³-hybridized carbons (Fsp3) is 0.280. The third-order valence-corrected chi connectivity index (χ3v) is 5.80. The zero-order valence-corrected chi connectivity index (χ0v) is 18.3. The highest BCUT2D eigenvalue weighted by molar-refractivity contribution is 6.03. The van der Waals surface area contributed by atoms with Gasteiger partial charge in [0, 0.05) is 29.5 Å². The van der Waals surface area contributed by atoms with E-state index in [9.17, 15) is 15.1 Å². The van der Waals surface area contributed by atoms with Crippen LogP contribution in [-0.4, -0.2) is 33.1 Å². The molecule has 1 atom stereocenters. The van der Waals surface area contributed by atoms with Gasteiger partial charge >= 0.3 is 5.97 Å². The van der Waals surface area contributed by atoms with Gasteiger partial charge in [-0.15, -0.1) is 0 Å². The molecule has 2 aliphatic rings. The van der Waals surface area contributed by atoms with Crippen molar-refractivity contribution in [3.63, 3.8) is 0 Å². The van der Waals surface area contributed by atoms with Gasteiger partial charge in [-0.1, -0.05) is 44.2 Å². The summed E-state index contributed by atoms with van der Waals surface area (Å²) in [4.78, 5) is 16.9. The number of rotatable bonds is 8. The molecular formula is C25H26N2O5. The van der Waals surface area contributed by atoms with Crippen LogP contribution in [0.25, 0.3) is 22.2 Å². The van der Waals surface area contributed by atoms with Crippen LogP contribution in [0.3, 0.4) is 0 Å². The number of aromatic carboxylic acids is 1. The molecule has 2 N–H and O–H groups in total. The number of aromatic nitrogens is 2. The SMILES string of the molecule is CCC(C)c1c2nc3ccc(OCc4ccccc4)cc3c-2c(COC)c(C(=O)O)n1O. The van der Waals surface area contributed by atoms with Crippen molar-refractivity contribution >= 4 is 16.9 Å². The monoisotopic (exact) mass is 434 g/mol. The molecular weight excluding hydrogens is 408 g/mol. The Morgan fingerprint density at radius 2 is 1.91 bits per heavy atom. The van der Waals surface area contributed by atoms with Crippen LogP contribution in [-0.2, 0) is 18.0 Å². The lowest BCUT2D eigenvalue weighted by Gasteiger charge is -2.22. The molecule has 32 heavy (non-hydrogen) atoms. The topological polar surface area (TPSA) is 93.8 Å². The Balaban J connectivity index is 1.92. The highest BCUT2D eigenvalue weighted by Crippen LogP contribution is 2.42. The largest absolute Gasteiger partial charge is 0.489 e. The molecule has 0 aliphatic carbocycles.